The number of carboxylic acids is 1. The first-order valence-electron chi connectivity index (χ1n) is 4.77. The van der Waals surface area contributed by atoms with Gasteiger partial charge in [0.2, 0.25) is 5.91 Å². The molecule has 0 fully saturated rings. The Hall–Kier alpha value is -2.17. The Morgan fingerprint density at radius 2 is 2.19 bits per heavy atom. The first-order valence-corrected chi connectivity index (χ1v) is 4.77. The van der Waals surface area contributed by atoms with Gasteiger partial charge in [0.1, 0.15) is 0 Å². The molecule has 5 heteroatoms. The molecule has 0 saturated carbocycles. The smallest absolute Gasteiger partial charge is 0.328 e. The lowest BCUT2D eigenvalue weighted by molar-refractivity contribution is -0.131. The summed E-state index contributed by atoms with van der Waals surface area (Å²) in [5.41, 5.74) is 0.880. The van der Waals surface area contributed by atoms with Crippen molar-refractivity contribution in [2.45, 2.75) is 6.42 Å². The highest BCUT2D eigenvalue weighted by Gasteiger charge is 1.97. The van der Waals surface area contributed by atoms with E-state index in [-0.39, 0.29) is 0 Å². The van der Waals surface area contributed by atoms with Gasteiger partial charge in [0.15, 0.2) is 0 Å². The minimum atomic E-state index is -1.14. The standard InChI is InChI=1S/C11H12N2O3/c14-10(4-5-11(15)16)13-8-6-9-3-1-2-7-12-9/h1-5,7H,6,8H2,(H,13,14)(H,15,16)/b5-4+. The molecule has 0 radical (unpaired) electrons. The average Bonchev–Trinajstić information content (AvgIpc) is 2.28. The second kappa shape index (κ2) is 6.34. The number of carbonyl (C=O) groups is 2. The van der Waals surface area contributed by atoms with Gasteiger partial charge in [-0.3, -0.25) is 9.78 Å². The van der Waals surface area contributed by atoms with Gasteiger partial charge in [-0.2, -0.15) is 0 Å². The Morgan fingerprint density at radius 3 is 2.81 bits per heavy atom. The molecule has 2 N–H and O–H groups in total. The maximum atomic E-state index is 11.1. The molecule has 0 saturated heterocycles. The summed E-state index contributed by atoms with van der Waals surface area (Å²) in [6.07, 6.45) is 4.09. The Kier molecular flexibility index (Phi) is 4.72. The third kappa shape index (κ3) is 4.90. The molecule has 84 valence electrons. The van der Waals surface area contributed by atoms with Crippen molar-refractivity contribution in [1.29, 1.82) is 0 Å². The second-order valence-corrected chi connectivity index (χ2v) is 3.03. The number of amides is 1. The van der Waals surface area contributed by atoms with Crippen molar-refractivity contribution >= 4 is 11.9 Å². The molecule has 0 bridgehead atoms. The SMILES string of the molecule is O=C(O)/C=C/C(=O)NCCc1ccccn1. The van der Waals surface area contributed by atoms with Crippen LogP contribution in [0.5, 0.6) is 0 Å². The fraction of sp³-hybridized carbons (Fsp3) is 0.182. The summed E-state index contributed by atoms with van der Waals surface area (Å²) in [4.78, 5) is 25.3. The maximum Gasteiger partial charge on any atom is 0.328 e. The number of nitrogens with zero attached hydrogens (tertiary/aromatic N) is 1. The molecule has 0 aliphatic rings. The Bertz CT molecular complexity index is 387. The molecular formula is C11H12N2O3. The monoisotopic (exact) mass is 220 g/mol. The van der Waals surface area contributed by atoms with Crippen LogP contribution in [0.2, 0.25) is 0 Å². The van der Waals surface area contributed by atoms with Crippen LogP contribution in [0.25, 0.3) is 0 Å². The zero-order valence-corrected chi connectivity index (χ0v) is 8.59. The number of hydrogen-bond acceptors (Lipinski definition) is 3. The van der Waals surface area contributed by atoms with Crippen molar-refractivity contribution in [3.63, 3.8) is 0 Å². The van der Waals surface area contributed by atoms with E-state index in [1.807, 2.05) is 18.2 Å². The third-order valence-corrected chi connectivity index (χ3v) is 1.78. The zero-order chi connectivity index (χ0) is 11.8. The van der Waals surface area contributed by atoms with Crippen LogP contribution in [0.1, 0.15) is 5.69 Å². The highest BCUT2D eigenvalue weighted by atomic mass is 16.4. The summed E-state index contributed by atoms with van der Waals surface area (Å²) in [5.74, 6) is -1.56. The molecule has 1 heterocycles. The van der Waals surface area contributed by atoms with Crippen molar-refractivity contribution in [3.8, 4) is 0 Å². The van der Waals surface area contributed by atoms with E-state index in [2.05, 4.69) is 10.3 Å². The molecule has 5 nitrogen and oxygen atoms in total. The quantitative estimate of drug-likeness (QED) is 0.703. The van der Waals surface area contributed by atoms with E-state index in [4.69, 9.17) is 5.11 Å². The van der Waals surface area contributed by atoms with E-state index >= 15 is 0 Å². The van der Waals surface area contributed by atoms with Crippen molar-refractivity contribution < 1.29 is 14.7 Å². The third-order valence-electron chi connectivity index (χ3n) is 1.78. The van der Waals surface area contributed by atoms with E-state index in [1.165, 1.54) is 0 Å². The average molecular weight is 220 g/mol. The Labute approximate surface area is 92.8 Å². The van der Waals surface area contributed by atoms with E-state index < -0.39 is 11.9 Å². The second-order valence-electron chi connectivity index (χ2n) is 3.03. The van der Waals surface area contributed by atoms with Crippen LogP contribution < -0.4 is 5.32 Å². The van der Waals surface area contributed by atoms with E-state index in [0.29, 0.717) is 13.0 Å². The fourth-order valence-corrected chi connectivity index (χ4v) is 1.07. The summed E-state index contributed by atoms with van der Waals surface area (Å²) in [6, 6.07) is 5.55. The molecule has 1 aromatic rings. The summed E-state index contributed by atoms with van der Waals surface area (Å²) < 4.78 is 0. The topological polar surface area (TPSA) is 79.3 Å². The first kappa shape index (κ1) is 11.9. The summed E-state index contributed by atoms with van der Waals surface area (Å²) in [7, 11) is 0. The van der Waals surface area contributed by atoms with Crippen molar-refractivity contribution in [1.82, 2.24) is 10.3 Å². The maximum absolute atomic E-state index is 11.1. The summed E-state index contributed by atoms with van der Waals surface area (Å²) in [6.45, 7) is 0.430. The molecule has 16 heavy (non-hydrogen) atoms. The van der Waals surface area contributed by atoms with Gasteiger partial charge in [0.25, 0.3) is 0 Å². The summed E-state index contributed by atoms with van der Waals surface area (Å²) in [5, 5.41) is 10.8. The lowest BCUT2D eigenvalue weighted by atomic mass is 10.3. The normalized spacial score (nSPS) is 10.2. The molecule has 1 rings (SSSR count). The molecule has 0 unspecified atom stereocenters. The largest absolute Gasteiger partial charge is 0.478 e. The summed E-state index contributed by atoms with van der Waals surface area (Å²) >= 11 is 0. The minimum absolute atomic E-state index is 0.418. The first-order chi connectivity index (χ1) is 7.68. The van der Waals surface area contributed by atoms with Gasteiger partial charge in [-0.25, -0.2) is 4.79 Å². The zero-order valence-electron chi connectivity index (χ0n) is 8.59. The van der Waals surface area contributed by atoms with Gasteiger partial charge < -0.3 is 10.4 Å². The number of nitrogens with one attached hydrogen (secondary N) is 1. The number of carboxylic acid groups (broad SMARTS) is 1. The lowest BCUT2D eigenvalue weighted by Gasteiger charge is -2.01. The molecule has 1 amide bonds. The van der Waals surface area contributed by atoms with Gasteiger partial charge in [0.05, 0.1) is 0 Å². The predicted molar refractivity (Wildman–Crippen MR) is 57.7 cm³/mol. The highest BCUT2D eigenvalue weighted by molar-refractivity contribution is 5.93. The highest BCUT2D eigenvalue weighted by Crippen LogP contribution is 1.92. The number of pyridine rings is 1. The Balaban J connectivity index is 2.26. The Morgan fingerprint density at radius 1 is 1.38 bits per heavy atom. The molecule has 0 aliphatic carbocycles. The lowest BCUT2D eigenvalue weighted by Crippen LogP contribution is -2.24. The van der Waals surface area contributed by atoms with Crippen LogP contribution in [-0.2, 0) is 16.0 Å². The minimum Gasteiger partial charge on any atom is -0.478 e. The number of carbonyl (C=O) groups excluding carboxylic acids is 1. The van der Waals surface area contributed by atoms with Gasteiger partial charge >= 0.3 is 5.97 Å². The van der Waals surface area contributed by atoms with Gasteiger partial charge in [-0.05, 0) is 12.1 Å². The molecule has 0 atom stereocenters. The molecule has 0 spiro atoms. The van der Waals surface area contributed by atoms with E-state index in [9.17, 15) is 9.59 Å². The van der Waals surface area contributed by atoms with Crippen molar-refractivity contribution in [2.24, 2.45) is 0 Å². The van der Waals surface area contributed by atoms with Crippen LogP contribution in [0.4, 0.5) is 0 Å². The predicted octanol–water partition coefficient (Wildman–Crippen LogP) is 0.381. The number of aromatic nitrogens is 1. The number of rotatable bonds is 5. The van der Waals surface area contributed by atoms with Gasteiger partial charge in [-0.15, -0.1) is 0 Å². The van der Waals surface area contributed by atoms with Crippen LogP contribution in [-0.4, -0.2) is 28.5 Å². The van der Waals surface area contributed by atoms with Crippen LogP contribution in [0, 0.1) is 0 Å². The number of hydrogen-bond donors (Lipinski definition) is 2. The van der Waals surface area contributed by atoms with Crippen molar-refractivity contribution in [3.05, 3.63) is 42.2 Å². The van der Waals surface area contributed by atoms with Gasteiger partial charge in [-0.1, -0.05) is 6.07 Å². The molecule has 1 aromatic heterocycles. The molecular weight excluding hydrogens is 208 g/mol. The van der Waals surface area contributed by atoms with Crippen molar-refractivity contribution in [2.75, 3.05) is 6.54 Å². The number of aliphatic carboxylic acids is 1. The van der Waals surface area contributed by atoms with E-state index in [1.54, 1.807) is 6.20 Å². The molecule has 0 aliphatic heterocycles. The fourth-order valence-electron chi connectivity index (χ4n) is 1.07. The van der Waals surface area contributed by atoms with Crippen LogP contribution in [0.3, 0.4) is 0 Å². The van der Waals surface area contributed by atoms with Crippen LogP contribution in [0.15, 0.2) is 36.5 Å². The van der Waals surface area contributed by atoms with E-state index in [0.717, 1.165) is 17.8 Å². The van der Waals surface area contributed by atoms with Gasteiger partial charge in [0, 0.05) is 37.0 Å². The molecule has 0 aromatic carbocycles. The van der Waals surface area contributed by atoms with Crippen LogP contribution >= 0.6 is 0 Å².